The summed E-state index contributed by atoms with van der Waals surface area (Å²) in [6.45, 7) is 5.36. The predicted molar refractivity (Wildman–Crippen MR) is 138 cm³/mol. The van der Waals surface area contributed by atoms with Crippen LogP contribution < -0.4 is 5.56 Å². The molecule has 182 valence electrons. The standard InChI is InChI=1S/C29H33N3O3/c1-20-6-4-5-7-26(20)27(18-28(30-35)25-12-13-29(34)31(3)19-25)24-10-8-22(9-11-24)23-14-16-32(17-15-23)21(2)33/h4-13,19,23,27,35H,14-18H2,1-3H3/t27-/m1/s1. The fourth-order valence-corrected chi connectivity index (χ4v) is 5.09. The fraction of sp³-hybridized carbons (Fsp3) is 0.345. The second-order valence-electron chi connectivity index (χ2n) is 9.47. The zero-order chi connectivity index (χ0) is 24.9. The van der Waals surface area contributed by atoms with E-state index in [-0.39, 0.29) is 17.4 Å². The number of benzene rings is 2. The average Bonchev–Trinajstić information content (AvgIpc) is 2.87. The molecule has 2 heterocycles. The van der Waals surface area contributed by atoms with E-state index < -0.39 is 0 Å². The molecule has 1 fully saturated rings. The minimum atomic E-state index is -0.105. The molecule has 2 aromatic carbocycles. The number of aromatic nitrogens is 1. The van der Waals surface area contributed by atoms with Gasteiger partial charge in [0.15, 0.2) is 0 Å². The fourth-order valence-electron chi connectivity index (χ4n) is 5.09. The van der Waals surface area contributed by atoms with Crippen molar-refractivity contribution in [3.05, 3.63) is 105 Å². The average molecular weight is 472 g/mol. The molecule has 1 aliphatic rings. The third-order valence-corrected chi connectivity index (χ3v) is 7.25. The van der Waals surface area contributed by atoms with Gasteiger partial charge in [-0.15, -0.1) is 0 Å². The molecule has 0 saturated carbocycles. The number of amides is 1. The summed E-state index contributed by atoms with van der Waals surface area (Å²) in [5.41, 5.74) is 5.96. The summed E-state index contributed by atoms with van der Waals surface area (Å²) in [7, 11) is 1.69. The van der Waals surface area contributed by atoms with E-state index in [0.29, 0.717) is 18.1 Å². The van der Waals surface area contributed by atoms with Crippen LogP contribution in [0, 0.1) is 6.92 Å². The number of nitrogens with zero attached hydrogens (tertiary/aromatic N) is 3. The van der Waals surface area contributed by atoms with Gasteiger partial charge in [0.1, 0.15) is 0 Å². The van der Waals surface area contributed by atoms with Crippen LogP contribution in [-0.4, -0.2) is 39.4 Å². The maximum absolute atomic E-state index is 11.8. The lowest BCUT2D eigenvalue weighted by Gasteiger charge is -2.31. The molecule has 0 spiro atoms. The van der Waals surface area contributed by atoms with Crippen LogP contribution in [0.2, 0.25) is 0 Å². The molecule has 0 aliphatic carbocycles. The van der Waals surface area contributed by atoms with Gasteiger partial charge in [-0.1, -0.05) is 53.7 Å². The van der Waals surface area contributed by atoms with Crippen molar-refractivity contribution < 1.29 is 10.0 Å². The molecule has 4 rings (SSSR count). The number of rotatable bonds is 6. The Morgan fingerprint density at radius 3 is 2.34 bits per heavy atom. The topological polar surface area (TPSA) is 74.9 Å². The number of aryl methyl sites for hydroxylation is 2. The first-order valence-corrected chi connectivity index (χ1v) is 12.2. The highest BCUT2D eigenvalue weighted by molar-refractivity contribution is 6.00. The van der Waals surface area contributed by atoms with E-state index in [1.54, 1.807) is 26.2 Å². The quantitative estimate of drug-likeness (QED) is 0.318. The number of carbonyl (C=O) groups is 1. The van der Waals surface area contributed by atoms with E-state index >= 15 is 0 Å². The van der Waals surface area contributed by atoms with Crippen molar-refractivity contribution in [1.82, 2.24) is 9.47 Å². The first-order valence-electron chi connectivity index (χ1n) is 12.2. The molecule has 0 bridgehead atoms. The molecule has 1 aromatic heterocycles. The molecule has 35 heavy (non-hydrogen) atoms. The monoisotopic (exact) mass is 471 g/mol. The van der Waals surface area contributed by atoms with E-state index in [9.17, 15) is 14.8 Å². The molecule has 1 atom stereocenters. The Morgan fingerprint density at radius 1 is 1.06 bits per heavy atom. The van der Waals surface area contributed by atoms with Crippen LogP contribution in [0.1, 0.15) is 65.8 Å². The summed E-state index contributed by atoms with van der Waals surface area (Å²) in [4.78, 5) is 25.4. The summed E-state index contributed by atoms with van der Waals surface area (Å²) in [6, 6.07) is 20.3. The number of hydrogen-bond acceptors (Lipinski definition) is 4. The van der Waals surface area contributed by atoms with Crippen LogP contribution in [0.25, 0.3) is 0 Å². The first kappa shape index (κ1) is 24.5. The summed E-state index contributed by atoms with van der Waals surface area (Å²) >= 11 is 0. The van der Waals surface area contributed by atoms with Gasteiger partial charge in [-0.05, 0) is 54.0 Å². The van der Waals surface area contributed by atoms with Crippen molar-refractivity contribution in [3.8, 4) is 0 Å². The van der Waals surface area contributed by atoms with E-state index in [1.807, 2.05) is 17.0 Å². The van der Waals surface area contributed by atoms with E-state index in [4.69, 9.17) is 0 Å². The van der Waals surface area contributed by atoms with Crippen LogP contribution in [-0.2, 0) is 11.8 Å². The lowest BCUT2D eigenvalue weighted by Crippen LogP contribution is -2.36. The van der Waals surface area contributed by atoms with E-state index in [2.05, 4.69) is 48.5 Å². The molecule has 1 N–H and O–H groups in total. The maximum atomic E-state index is 11.8. The minimum absolute atomic E-state index is 0.00653. The smallest absolute Gasteiger partial charge is 0.250 e. The number of carbonyl (C=O) groups excluding carboxylic acids is 1. The SMILES string of the molecule is CC(=O)N1CCC(c2ccc([C@@H](CC(=NO)c3ccc(=O)n(C)c3)c3ccccc3C)cc2)CC1. The van der Waals surface area contributed by atoms with E-state index in [0.717, 1.165) is 37.1 Å². The van der Waals surface area contributed by atoms with Gasteiger partial charge in [-0.25, -0.2) is 0 Å². The summed E-state index contributed by atoms with van der Waals surface area (Å²) in [5.74, 6) is 0.601. The van der Waals surface area contributed by atoms with Gasteiger partial charge < -0.3 is 14.7 Å². The molecule has 0 radical (unpaired) electrons. The van der Waals surface area contributed by atoms with Gasteiger partial charge in [0.05, 0.1) is 5.71 Å². The Labute approximate surface area is 206 Å². The Balaban J connectivity index is 1.62. The molecule has 6 nitrogen and oxygen atoms in total. The molecule has 6 heteroatoms. The Kier molecular flexibility index (Phi) is 7.49. The number of hydrogen-bond donors (Lipinski definition) is 1. The molecule has 1 aliphatic heterocycles. The second kappa shape index (κ2) is 10.7. The van der Waals surface area contributed by atoms with Crippen LogP contribution in [0.5, 0.6) is 0 Å². The maximum Gasteiger partial charge on any atom is 0.250 e. The van der Waals surface area contributed by atoms with Crippen molar-refractivity contribution in [2.45, 2.75) is 44.9 Å². The number of pyridine rings is 1. The second-order valence-corrected chi connectivity index (χ2v) is 9.47. The van der Waals surface area contributed by atoms with Crippen molar-refractivity contribution >= 4 is 11.6 Å². The Morgan fingerprint density at radius 2 is 1.74 bits per heavy atom. The lowest BCUT2D eigenvalue weighted by molar-refractivity contribution is -0.129. The summed E-state index contributed by atoms with van der Waals surface area (Å²) < 4.78 is 1.50. The largest absolute Gasteiger partial charge is 0.411 e. The van der Waals surface area contributed by atoms with Gasteiger partial charge in [-0.3, -0.25) is 9.59 Å². The highest BCUT2D eigenvalue weighted by Crippen LogP contribution is 2.34. The molecule has 1 saturated heterocycles. The van der Waals surface area contributed by atoms with Gasteiger partial charge >= 0.3 is 0 Å². The van der Waals surface area contributed by atoms with Crippen molar-refractivity contribution in [3.63, 3.8) is 0 Å². The third kappa shape index (κ3) is 5.53. The van der Waals surface area contributed by atoms with Crippen molar-refractivity contribution in [1.29, 1.82) is 0 Å². The molecular weight excluding hydrogens is 438 g/mol. The van der Waals surface area contributed by atoms with E-state index in [1.165, 1.54) is 27.3 Å². The van der Waals surface area contributed by atoms with Crippen molar-refractivity contribution in [2.24, 2.45) is 12.2 Å². The number of oxime groups is 1. The predicted octanol–water partition coefficient (Wildman–Crippen LogP) is 4.82. The molecule has 3 aromatic rings. The van der Waals surface area contributed by atoms with Gasteiger partial charge in [0.2, 0.25) is 11.5 Å². The van der Waals surface area contributed by atoms with Crippen LogP contribution in [0.4, 0.5) is 0 Å². The van der Waals surface area contributed by atoms with Crippen LogP contribution in [0.3, 0.4) is 0 Å². The Hall–Kier alpha value is -3.67. The lowest BCUT2D eigenvalue weighted by atomic mass is 9.82. The first-order chi connectivity index (χ1) is 16.9. The highest BCUT2D eigenvalue weighted by Gasteiger charge is 2.24. The zero-order valence-electron chi connectivity index (χ0n) is 20.6. The third-order valence-electron chi connectivity index (χ3n) is 7.25. The number of piperidine rings is 1. The van der Waals surface area contributed by atoms with Crippen LogP contribution >= 0.6 is 0 Å². The molecule has 0 unspecified atom stereocenters. The summed E-state index contributed by atoms with van der Waals surface area (Å²) in [6.07, 6.45) is 4.17. The highest BCUT2D eigenvalue weighted by atomic mass is 16.4. The zero-order valence-corrected chi connectivity index (χ0v) is 20.6. The number of likely N-dealkylation sites (tertiary alicyclic amines) is 1. The van der Waals surface area contributed by atoms with Gasteiger partial charge in [-0.2, -0.15) is 0 Å². The van der Waals surface area contributed by atoms with Crippen molar-refractivity contribution in [2.75, 3.05) is 13.1 Å². The minimum Gasteiger partial charge on any atom is -0.411 e. The van der Waals surface area contributed by atoms with Gasteiger partial charge in [0.25, 0.3) is 0 Å². The Bertz CT molecular complexity index is 1270. The van der Waals surface area contributed by atoms with Crippen LogP contribution in [0.15, 0.2) is 76.8 Å². The van der Waals surface area contributed by atoms with Gasteiger partial charge in [0, 0.05) is 57.2 Å². The normalized spacial score (nSPS) is 15.7. The summed E-state index contributed by atoms with van der Waals surface area (Å²) in [5, 5.41) is 13.5. The molecule has 1 amide bonds. The molecular formula is C29H33N3O3.